The zero-order valence-corrected chi connectivity index (χ0v) is 28.7. The monoisotopic (exact) mass is 673 g/mol. The van der Waals surface area contributed by atoms with E-state index >= 15 is 0 Å². The van der Waals surface area contributed by atoms with E-state index < -0.39 is 0 Å². The third kappa shape index (κ3) is 3.99. The van der Waals surface area contributed by atoms with Crippen molar-refractivity contribution in [3.05, 3.63) is 188 Å². The van der Waals surface area contributed by atoms with E-state index in [1.807, 2.05) is 0 Å². The van der Waals surface area contributed by atoms with E-state index in [9.17, 15) is 0 Å². The summed E-state index contributed by atoms with van der Waals surface area (Å²) in [4.78, 5) is 0. The van der Waals surface area contributed by atoms with E-state index in [1.54, 1.807) is 0 Å². The zero-order valence-electron chi connectivity index (χ0n) is 28.7. The molecule has 3 heteroatoms. The van der Waals surface area contributed by atoms with Crippen LogP contribution in [0.3, 0.4) is 0 Å². The summed E-state index contributed by atoms with van der Waals surface area (Å²) in [5, 5.41) is 10.1. The number of benzene rings is 9. The van der Waals surface area contributed by atoms with Crippen LogP contribution in [-0.4, -0.2) is 13.7 Å². The van der Waals surface area contributed by atoms with E-state index in [2.05, 4.69) is 202 Å². The molecule has 3 aromatic heterocycles. The summed E-state index contributed by atoms with van der Waals surface area (Å²) in [6, 6.07) is 69.1. The molecule has 0 aliphatic carbocycles. The van der Waals surface area contributed by atoms with Gasteiger partial charge in [-0.3, -0.25) is 0 Å². The molecule has 0 bridgehead atoms. The molecular formula is C50H31N3. The molecule has 53 heavy (non-hydrogen) atoms. The number of aromatic nitrogens is 3. The third-order valence-electron chi connectivity index (χ3n) is 11.3. The minimum Gasteiger partial charge on any atom is -0.309 e. The van der Waals surface area contributed by atoms with Crippen molar-refractivity contribution in [1.29, 1.82) is 0 Å². The minimum atomic E-state index is 1.14. The van der Waals surface area contributed by atoms with Gasteiger partial charge in [0.15, 0.2) is 0 Å². The van der Waals surface area contributed by atoms with Crippen molar-refractivity contribution in [1.82, 2.24) is 13.7 Å². The molecule has 9 aromatic carbocycles. The van der Waals surface area contributed by atoms with Crippen LogP contribution in [0.5, 0.6) is 0 Å². The SMILES string of the molecule is c1ccc(-c2cccc(-n3c4cc(-n5c6ccccc6c6ccccc65)cc5ccc6cc(-n7c8ccccc8c8ccccc87)cc3c6c54)c2)cc1. The van der Waals surface area contributed by atoms with Gasteiger partial charge in [0.1, 0.15) is 0 Å². The highest BCUT2D eigenvalue weighted by Gasteiger charge is 2.22. The average molecular weight is 674 g/mol. The Bertz CT molecular complexity index is 3100. The molecule has 0 fully saturated rings. The normalized spacial score (nSPS) is 12.2. The highest BCUT2D eigenvalue weighted by atomic mass is 15.0. The Morgan fingerprint density at radius 3 is 1.11 bits per heavy atom. The average Bonchev–Trinajstić information content (AvgIpc) is 3.86. The van der Waals surface area contributed by atoms with E-state index in [4.69, 9.17) is 0 Å². The summed E-state index contributed by atoms with van der Waals surface area (Å²) in [5.74, 6) is 0. The molecule has 0 radical (unpaired) electrons. The van der Waals surface area contributed by atoms with Crippen molar-refractivity contribution >= 4 is 76.2 Å². The van der Waals surface area contributed by atoms with Gasteiger partial charge >= 0.3 is 0 Å². The molecule has 0 aliphatic rings. The topological polar surface area (TPSA) is 14.8 Å². The van der Waals surface area contributed by atoms with Crippen molar-refractivity contribution < 1.29 is 0 Å². The molecule has 0 amide bonds. The molecule has 0 atom stereocenters. The maximum atomic E-state index is 2.51. The lowest BCUT2D eigenvalue weighted by molar-refractivity contribution is 1.15. The summed E-state index contributed by atoms with van der Waals surface area (Å²) in [6.45, 7) is 0. The van der Waals surface area contributed by atoms with Crippen molar-refractivity contribution in [3.8, 4) is 28.2 Å². The number of hydrogen-bond donors (Lipinski definition) is 0. The molecule has 0 saturated heterocycles. The highest BCUT2D eigenvalue weighted by Crippen LogP contribution is 2.44. The van der Waals surface area contributed by atoms with Gasteiger partial charge in [-0.1, -0.05) is 127 Å². The van der Waals surface area contributed by atoms with Crippen LogP contribution in [0.25, 0.3) is 104 Å². The minimum absolute atomic E-state index is 1.14. The van der Waals surface area contributed by atoms with Gasteiger partial charge in [-0.15, -0.1) is 0 Å². The molecular weight excluding hydrogens is 643 g/mol. The van der Waals surface area contributed by atoms with Crippen LogP contribution in [0.2, 0.25) is 0 Å². The quantitative estimate of drug-likeness (QED) is 0.165. The molecule has 12 aromatic rings. The fraction of sp³-hybridized carbons (Fsp3) is 0. The van der Waals surface area contributed by atoms with Crippen LogP contribution in [0.1, 0.15) is 0 Å². The van der Waals surface area contributed by atoms with Crippen LogP contribution in [0, 0.1) is 0 Å². The third-order valence-corrected chi connectivity index (χ3v) is 11.3. The van der Waals surface area contributed by atoms with Gasteiger partial charge < -0.3 is 13.7 Å². The van der Waals surface area contributed by atoms with Gasteiger partial charge in [0.25, 0.3) is 0 Å². The number of para-hydroxylation sites is 4. The molecule has 0 unspecified atom stereocenters. The number of hydrogen-bond acceptors (Lipinski definition) is 0. The standard InChI is InChI=1S/C50H31N3/c1-2-13-32(14-3-1)33-15-12-16-36(27-33)51-47-30-37(52-43-21-8-4-17-39(43)40-18-5-9-22-44(40)52)28-34-25-26-35-29-38(31-48(51)50(35)49(34)47)53-45-23-10-6-19-41(45)42-20-7-11-24-46(42)53/h1-31H. The van der Waals surface area contributed by atoms with Crippen molar-refractivity contribution in [3.63, 3.8) is 0 Å². The van der Waals surface area contributed by atoms with Gasteiger partial charge in [0.2, 0.25) is 0 Å². The Balaban J connectivity index is 1.22. The molecule has 3 heterocycles. The maximum absolute atomic E-state index is 2.51. The summed E-state index contributed by atoms with van der Waals surface area (Å²) in [7, 11) is 0. The Morgan fingerprint density at radius 2 is 0.642 bits per heavy atom. The van der Waals surface area contributed by atoms with Crippen LogP contribution < -0.4 is 0 Å². The van der Waals surface area contributed by atoms with Gasteiger partial charge in [0.05, 0.1) is 33.1 Å². The van der Waals surface area contributed by atoms with Gasteiger partial charge in [0, 0.05) is 49.4 Å². The molecule has 246 valence electrons. The van der Waals surface area contributed by atoms with E-state index in [0.29, 0.717) is 0 Å². The van der Waals surface area contributed by atoms with Crippen LogP contribution in [-0.2, 0) is 0 Å². The molecule has 0 N–H and O–H groups in total. The fourth-order valence-electron chi connectivity index (χ4n) is 9.13. The van der Waals surface area contributed by atoms with Crippen LogP contribution in [0.15, 0.2) is 188 Å². The molecule has 0 saturated carbocycles. The number of nitrogens with zero attached hydrogens (tertiary/aromatic N) is 3. The molecule has 12 rings (SSSR count). The number of fused-ring (bicyclic) bond motifs is 6. The summed E-state index contributed by atoms with van der Waals surface area (Å²) in [6.07, 6.45) is 0. The first-order valence-corrected chi connectivity index (χ1v) is 18.3. The van der Waals surface area contributed by atoms with Gasteiger partial charge in [-0.25, -0.2) is 0 Å². The number of rotatable bonds is 4. The lowest BCUT2D eigenvalue weighted by atomic mass is 10.0. The van der Waals surface area contributed by atoms with E-state index in [-0.39, 0.29) is 0 Å². The predicted molar refractivity (Wildman–Crippen MR) is 224 cm³/mol. The smallest absolute Gasteiger partial charge is 0.0568 e. The van der Waals surface area contributed by atoms with Crippen molar-refractivity contribution in [2.45, 2.75) is 0 Å². The second kappa shape index (κ2) is 10.7. The molecule has 0 spiro atoms. The second-order valence-corrected chi connectivity index (χ2v) is 14.2. The van der Waals surface area contributed by atoms with Gasteiger partial charge in [-0.05, 0) is 82.6 Å². The predicted octanol–water partition coefficient (Wildman–Crippen LogP) is 13.2. The van der Waals surface area contributed by atoms with Crippen molar-refractivity contribution in [2.75, 3.05) is 0 Å². The molecule has 0 aliphatic heterocycles. The van der Waals surface area contributed by atoms with E-state index in [1.165, 1.54) is 87.3 Å². The van der Waals surface area contributed by atoms with Crippen LogP contribution in [0.4, 0.5) is 0 Å². The van der Waals surface area contributed by atoms with Gasteiger partial charge in [-0.2, -0.15) is 0 Å². The fourth-order valence-corrected chi connectivity index (χ4v) is 9.13. The lowest BCUT2D eigenvalue weighted by Gasteiger charge is -2.13. The summed E-state index contributed by atoms with van der Waals surface area (Å²) < 4.78 is 7.39. The Morgan fingerprint density at radius 1 is 0.245 bits per heavy atom. The first kappa shape index (κ1) is 28.6. The highest BCUT2D eigenvalue weighted by molar-refractivity contribution is 6.25. The second-order valence-electron chi connectivity index (χ2n) is 14.2. The lowest BCUT2D eigenvalue weighted by Crippen LogP contribution is -1.98. The first-order valence-electron chi connectivity index (χ1n) is 18.3. The Labute approximate surface area is 305 Å². The summed E-state index contributed by atoms with van der Waals surface area (Å²) in [5.41, 5.74) is 13.1. The van der Waals surface area contributed by atoms with E-state index in [0.717, 1.165) is 17.1 Å². The maximum Gasteiger partial charge on any atom is 0.0568 e. The Kier molecular flexibility index (Phi) is 5.77. The Hall–Kier alpha value is -7.10. The summed E-state index contributed by atoms with van der Waals surface area (Å²) >= 11 is 0. The first-order chi connectivity index (χ1) is 26.3. The molecule has 3 nitrogen and oxygen atoms in total. The zero-order chi connectivity index (χ0) is 34.6. The van der Waals surface area contributed by atoms with Crippen molar-refractivity contribution in [2.24, 2.45) is 0 Å². The largest absolute Gasteiger partial charge is 0.309 e. The van der Waals surface area contributed by atoms with Crippen LogP contribution >= 0.6 is 0 Å².